The van der Waals surface area contributed by atoms with Crippen LogP contribution in [0.3, 0.4) is 0 Å². The van der Waals surface area contributed by atoms with Crippen molar-refractivity contribution in [1.29, 1.82) is 0 Å². The van der Waals surface area contributed by atoms with Gasteiger partial charge in [0.1, 0.15) is 0 Å². The molecule has 1 atom stereocenters. The topological polar surface area (TPSA) is 80.0 Å². The fraction of sp³-hybridized carbons (Fsp3) is 0.438. The summed E-state index contributed by atoms with van der Waals surface area (Å²) in [4.78, 5) is 12.0. The van der Waals surface area contributed by atoms with E-state index < -0.39 is 6.10 Å². The van der Waals surface area contributed by atoms with E-state index in [-0.39, 0.29) is 12.5 Å². The first kappa shape index (κ1) is 16.2. The average Bonchev–Trinajstić information content (AvgIpc) is 2.87. The number of aliphatic hydroxyl groups excluding tert-OH is 1. The van der Waals surface area contributed by atoms with Crippen LogP contribution in [0.5, 0.6) is 0 Å². The first-order chi connectivity index (χ1) is 10.5. The molecule has 0 saturated heterocycles. The van der Waals surface area contributed by atoms with E-state index in [1.807, 2.05) is 6.92 Å². The van der Waals surface area contributed by atoms with Crippen LogP contribution < -0.4 is 5.32 Å². The van der Waals surface area contributed by atoms with E-state index in [0.29, 0.717) is 17.9 Å². The summed E-state index contributed by atoms with van der Waals surface area (Å²) in [5.74, 6) is -0.314. The molecule has 6 heteroatoms. The first-order valence-corrected chi connectivity index (χ1v) is 7.45. The molecule has 1 aromatic heterocycles. The van der Waals surface area contributed by atoms with Gasteiger partial charge in [-0.1, -0.05) is 36.4 Å². The number of hydrogen-bond acceptors (Lipinski definition) is 4. The molecule has 2 N–H and O–H groups in total. The van der Waals surface area contributed by atoms with Crippen molar-refractivity contribution >= 4 is 5.91 Å². The Bertz CT molecular complexity index is 632. The zero-order chi connectivity index (χ0) is 16.1. The molecule has 1 aromatic carbocycles. The van der Waals surface area contributed by atoms with Gasteiger partial charge in [-0.05, 0) is 31.4 Å². The third-order valence-corrected chi connectivity index (χ3v) is 3.52. The molecule has 1 amide bonds. The molecule has 2 aromatic rings. The van der Waals surface area contributed by atoms with Gasteiger partial charge in [0.25, 0.3) is 5.91 Å². The number of benzene rings is 1. The molecule has 6 nitrogen and oxygen atoms in total. The third-order valence-electron chi connectivity index (χ3n) is 3.52. The van der Waals surface area contributed by atoms with Gasteiger partial charge in [-0.2, -0.15) is 0 Å². The van der Waals surface area contributed by atoms with Crippen molar-refractivity contribution in [3.63, 3.8) is 0 Å². The van der Waals surface area contributed by atoms with E-state index >= 15 is 0 Å². The van der Waals surface area contributed by atoms with E-state index in [4.69, 9.17) is 0 Å². The highest BCUT2D eigenvalue weighted by Gasteiger charge is 2.16. The number of hydrogen-bond donors (Lipinski definition) is 2. The van der Waals surface area contributed by atoms with Crippen molar-refractivity contribution in [3.8, 4) is 0 Å². The number of amides is 1. The van der Waals surface area contributed by atoms with Crippen molar-refractivity contribution in [3.05, 3.63) is 46.8 Å². The highest BCUT2D eigenvalue weighted by Crippen LogP contribution is 2.10. The number of aliphatic hydroxyl groups is 1. The third kappa shape index (κ3) is 3.92. The summed E-state index contributed by atoms with van der Waals surface area (Å²) in [5, 5.41) is 19.8. The lowest BCUT2D eigenvalue weighted by Crippen LogP contribution is -2.31. The Morgan fingerprint density at radius 3 is 2.55 bits per heavy atom. The molecule has 0 aliphatic rings. The lowest BCUT2D eigenvalue weighted by Gasteiger charge is -2.07. The Kier molecular flexibility index (Phi) is 5.27. The Hall–Kier alpha value is -2.21. The van der Waals surface area contributed by atoms with Crippen molar-refractivity contribution in [2.75, 3.05) is 6.54 Å². The van der Waals surface area contributed by atoms with Crippen LogP contribution >= 0.6 is 0 Å². The van der Waals surface area contributed by atoms with E-state index in [1.165, 1.54) is 5.56 Å². The molecular weight excluding hydrogens is 280 g/mol. The van der Waals surface area contributed by atoms with Gasteiger partial charge in [-0.3, -0.25) is 4.79 Å². The summed E-state index contributed by atoms with van der Waals surface area (Å²) < 4.78 is 1.71. The molecule has 0 radical (unpaired) electrons. The quantitative estimate of drug-likeness (QED) is 0.843. The number of carbonyl (C=O) groups excluding carboxylic acids is 1. The first-order valence-electron chi connectivity index (χ1n) is 7.45. The van der Waals surface area contributed by atoms with Gasteiger partial charge in [0, 0.05) is 6.54 Å². The average molecular weight is 302 g/mol. The smallest absolute Gasteiger partial charge is 0.273 e. The molecule has 0 fully saturated rings. The second kappa shape index (κ2) is 7.17. The van der Waals surface area contributed by atoms with E-state index in [0.717, 1.165) is 12.0 Å². The van der Waals surface area contributed by atoms with Crippen LogP contribution in [0.4, 0.5) is 0 Å². The molecule has 0 saturated carbocycles. The summed E-state index contributed by atoms with van der Waals surface area (Å²) in [6, 6.07) is 8.32. The van der Waals surface area contributed by atoms with Crippen molar-refractivity contribution in [2.45, 2.75) is 39.8 Å². The van der Waals surface area contributed by atoms with Crippen molar-refractivity contribution in [1.82, 2.24) is 20.3 Å². The SMILES string of the molecule is CCc1ccc(Cn2nnc(C(=O)NC[C@H](C)O)c2C)cc1. The number of nitrogens with one attached hydrogen (secondary N) is 1. The molecule has 0 aliphatic carbocycles. The zero-order valence-electron chi connectivity index (χ0n) is 13.2. The number of aromatic nitrogens is 3. The van der Waals surface area contributed by atoms with Gasteiger partial charge in [0.2, 0.25) is 0 Å². The van der Waals surface area contributed by atoms with Gasteiger partial charge in [0.05, 0.1) is 18.3 Å². The van der Waals surface area contributed by atoms with E-state index in [2.05, 4.69) is 46.8 Å². The molecular formula is C16H22N4O2. The van der Waals surface area contributed by atoms with Gasteiger partial charge in [-0.15, -0.1) is 5.10 Å². The minimum Gasteiger partial charge on any atom is -0.392 e. The summed E-state index contributed by atoms with van der Waals surface area (Å²) in [7, 11) is 0. The Morgan fingerprint density at radius 1 is 1.32 bits per heavy atom. The number of aryl methyl sites for hydroxylation is 1. The van der Waals surface area contributed by atoms with Crippen LogP contribution in [0.1, 0.15) is 41.2 Å². The normalized spacial score (nSPS) is 12.2. The van der Waals surface area contributed by atoms with Gasteiger partial charge in [0.15, 0.2) is 5.69 Å². The molecule has 0 spiro atoms. The summed E-state index contributed by atoms with van der Waals surface area (Å²) in [6.07, 6.45) is 0.423. The maximum Gasteiger partial charge on any atom is 0.273 e. The monoisotopic (exact) mass is 302 g/mol. The predicted octanol–water partition coefficient (Wildman–Crippen LogP) is 1.31. The molecule has 1 heterocycles. The summed E-state index contributed by atoms with van der Waals surface area (Å²) in [6.45, 7) is 6.33. The Balaban J connectivity index is 2.08. The maximum atomic E-state index is 12.0. The van der Waals surface area contributed by atoms with Crippen molar-refractivity contribution in [2.24, 2.45) is 0 Å². The molecule has 0 bridgehead atoms. The number of carbonyl (C=O) groups is 1. The fourth-order valence-corrected chi connectivity index (χ4v) is 2.10. The zero-order valence-corrected chi connectivity index (χ0v) is 13.2. The van der Waals surface area contributed by atoms with Crippen molar-refractivity contribution < 1.29 is 9.90 Å². The minimum absolute atomic E-state index is 0.198. The van der Waals surface area contributed by atoms with E-state index in [1.54, 1.807) is 11.6 Å². The summed E-state index contributed by atoms with van der Waals surface area (Å²) >= 11 is 0. The predicted molar refractivity (Wildman–Crippen MR) is 83.7 cm³/mol. The van der Waals surface area contributed by atoms with Crippen LogP contribution in [0.25, 0.3) is 0 Å². The lowest BCUT2D eigenvalue weighted by molar-refractivity contribution is 0.0918. The fourth-order valence-electron chi connectivity index (χ4n) is 2.10. The van der Waals surface area contributed by atoms with Crippen LogP contribution in [-0.4, -0.2) is 38.7 Å². The Labute approximate surface area is 130 Å². The Morgan fingerprint density at radius 2 is 1.95 bits per heavy atom. The van der Waals surface area contributed by atoms with E-state index in [9.17, 15) is 9.90 Å². The second-order valence-electron chi connectivity index (χ2n) is 5.41. The molecule has 22 heavy (non-hydrogen) atoms. The molecule has 0 aliphatic heterocycles. The second-order valence-corrected chi connectivity index (χ2v) is 5.41. The van der Waals surface area contributed by atoms with Crippen LogP contribution in [0.2, 0.25) is 0 Å². The van der Waals surface area contributed by atoms with Crippen LogP contribution in [-0.2, 0) is 13.0 Å². The van der Waals surface area contributed by atoms with Gasteiger partial charge < -0.3 is 10.4 Å². The number of rotatable bonds is 6. The molecule has 118 valence electrons. The van der Waals surface area contributed by atoms with Gasteiger partial charge >= 0.3 is 0 Å². The highest BCUT2D eigenvalue weighted by molar-refractivity contribution is 5.93. The van der Waals surface area contributed by atoms with Crippen LogP contribution in [0, 0.1) is 6.92 Å². The van der Waals surface area contributed by atoms with Gasteiger partial charge in [-0.25, -0.2) is 4.68 Å². The lowest BCUT2D eigenvalue weighted by atomic mass is 10.1. The largest absolute Gasteiger partial charge is 0.392 e. The summed E-state index contributed by atoms with van der Waals surface area (Å²) in [5.41, 5.74) is 3.41. The standard InChI is InChI=1S/C16H22N4O2/c1-4-13-5-7-14(8-6-13)10-20-12(3)15(18-19-20)16(22)17-9-11(2)21/h5-8,11,21H,4,9-10H2,1-3H3,(H,17,22)/t11-/m0/s1. The molecule has 2 rings (SSSR count). The molecule has 0 unspecified atom stereocenters. The number of nitrogens with zero attached hydrogens (tertiary/aromatic N) is 3. The maximum absolute atomic E-state index is 12.0. The van der Waals surface area contributed by atoms with Crippen LogP contribution in [0.15, 0.2) is 24.3 Å². The highest BCUT2D eigenvalue weighted by atomic mass is 16.3. The minimum atomic E-state index is -0.587.